The first-order valence-electron chi connectivity index (χ1n) is 5.29. The van der Waals surface area contributed by atoms with Crippen LogP contribution in [0.25, 0.3) is 11.2 Å². The highest BCUT2D eigenvalue weighted by Crippen LogP contribution is 2.13. The van der Waals surface area contributed by atoms with Gasteiger partial charge in [-0.3, -0.25) is 0 Å². The van der Waals surface area contributed by atoms with Gasteiger partial charge in [0.15, 0.2) is 5.65 Å². The second-order valence-corrected chi connectivity index (χ2v) is 4.14. The van der Waals surface area contributed by atoms with Crippen molar-refractivity contribution in [3.8, 4) is 0 Å². The molecule has 0 saturated carbocycles. The summed E-state index contributed by atoms with van der Waals surface area (Å²) in [6, 6.07) is 0. The fourth-order valence-electron chi connectivity index (χ4n) is 1.56. The van der Waals surface area contributed by atoms with Crippen LogP contribution in [0.15, 0.2) is 12.5 Å². The molecule has 92 valence electrons. The lowest BCUT2D eigenvalue weighted by molar-refractivity contribution is 0.140. The van der Waals surface area contributed by atoms with Gasteiger partial charge >= 0.3 is 0 Å². The lowest BCUT2D eigenvalue weighted by Gasteiger charge is -2.10. The van der Waals surface area contributed by atoms with E-state index in [0.29, 0.717) is 24.1 Å². The summed E-state index contributed by atoms with van der Waals surface area (Å²) < 4.78 is 1.83. The number of imidazole rings is 1. The number of halogens is 1. The molecule has 2 aromatic heterocycles. The lowest BCUT2D eigenvalue weighted by atomic mass is 10.1. The minimum atomic E-state index is -0.121. The van der Waals surface area contributed by atoms with E-state index < -0.39 is 0 Å². The van der Waals surface area contributed by atoms with Gasteiger partial charge in [0.1, 0.15) is 5.52 Å². The van der Waals surface area contributed by atoms with Crippen molar-refractivity contribution >= 4 is 22.8 Å². The van der Waals surface area contributed by atoms with Gasteiger partial charge in [-0.05, 0) is 18.0 Å². The second-order valence-electron chi connectivity index (χ2n) is 3.81. The van der Waals surface area contributed by atoms with Crippen LogP contribution >= 0.6 is 11.6 Å². The van der Waals surface area contributed by atoms with Crippen LogP contribution in [0.1, 0.15) is 6.42 Å². The van der Waals surface area contributed by atoms with Gasteiger partial charge in [-0.1, -0.05) is 0 Å². The Labute approximate surface area is 103 Å². The molecular weight excluding hydrogens is 244 g/mol. The molecule has 0 radical (unpaired) electrons. The summed E-state index contributed by atoms with van der Waals surface area (Å²) in [5.74, 6) is -0.121. The van der Waals surface area contributed by atoms with E-state index in [4.69, 9.17) is 21.8 Å². The first kappa shape index (κ1) is 12.2. The molecule has 0 fully saturated rings. The molecule has 2 N–H and O–H groups in total. The molecular formula is C10H13ClN4O2. The van der Waals surface area contributed by atoms with Crippen LogP contribution in [0.4, 0.5) is 0 Å². The minimum Gasteiger partial charge on any atom is -0.396 e. The van der Waals surface area contributed by atoms with Gasteiger partial charge in [-0.25, -0.2) is 9.97 Å². The van der Waals surface area contributed by atoms with Crippen molar-refractivity contribution in [3.05, 3.63) is 17.8 Å². The zero-order valence-corrected chi connectivity index (χ0v) is 9.88. The first-order chi connectivity index (χ1) is 8.24. The number of fused-ring (bicyclic) bond motifs is 1. The number of hydrogen-bond acceptors (Lipinski definition) is 5. The fourth-order valence-corrected chi connectivity index (χ4v) is 1.69. The average molecular weight is 257 g/mol. The van der Waals surface area contributed by atoms with Crippen molar-refractivity contribution in [2.24, 2.45) is 5.92 Å². The van der Waals surface area contributed by atoms with Gasteiger partial charge in [-0.15, -0.1) is 0 Å². The van der Waals surface area contributed by atoms with Gasteiger partial charge in [0, 0.05) is 25.7 Å². The molecule has 0 atom stereocenters. The topological polar surface area (TPSA) is 84.1 Å². The van der Waals surface area contributed by atoms with E-state index in [-0.39, 0.29) is 24.4 Å². The molecule has 2 heterocycles. The molecule has 0 aromatic carbocycles. The maximum atomic E-state index is 8.98. The zero-order valence-electron chi connectivity index (χ0n) is 9.12. The summed E-state index contributed by atoms with van der Waals surface area (Å²) in [5.41, 5.74) is 1.35. The largest absolute Gasteiger partial charge is 0.396 e. The number of aryl methyl sites for hydroxylation is 1. The standard InChI is InChI=1S/C10H13ClN4O2/c11-10-12-3-8-9(14-10)15(6-13-8)2-1-7(4-16)5-17/h3,6-7,16-17H,1-2,4-5H2. The van der Waals surface area contributed by atoms with Crippen molar-refractivity contribution in [3.63, 3.8) is 0 Å². The van der Waals surface area contributed by atoms with Crippen molar-refractivity contribution in [1.29, 1.82) is 0 Å². The van der Waals surface area contributed by atoms with Gasteiger partial charge in [0.2, 0.25) is 5.28 Å². The van der Waals surface area contributed by atoms with E-state index in [1.807, 2.05) is 4.57 Å². The van der Waals surface area contributed by atoms with Gasteiger partial charge in [0.05, 0.1) is 12.5 Å². The van der Waals surface area contributed by atoms with Crippen LogP contribution < -0.4 is 0 Å². The van der Waals surface area contributed by atoms with Crippen LogP contribution in [0.5, 0.6) is 0 Å². The Kier molecular flexibility index (Phi) is 3.88. The Morgan fingerprint density at radius 3 is 2.76 bits per heavy atom. The van der Waals surface area contributed by atoms with Gasteiger partial charge < -0.3 is 14.8 Å². The Bertz CT molecular complexity index is 498. The van der Waals surface area contributed by atoms with Crippen LogP contribution in [0, 0.1) is 5.92 Å². The molecule has 2 aromatic rings. The van der Waals surface area contributed by atoms with E-state index in [1.165, 1.54) is 0 Å². The highest BCUT2D eigenvalue weighted by atomic mass is 35.5. The quantitative estimate of drug-likeness (QED) is 0.760. The van der Waals surface area contributed by atoms with Crippen LogP contribution in [-0.4, -0.2) is 42.9 Å². The maximum absolute atomic E-state index is 8.98. The summed E-state index contributed by atoms with van der Waals surface area (Å²) >= 11 is 5.72. The molecule has 0 aliphatic heterocycles. The fraction of sp³-hybridized carbons (Fsp3) is 0.500. The number of hydrogen-bond donors (Lipinski definition) is 2. The van der Waals surface area contributed by atoms with Crippen LogP contribution in [0.2, 0.25) is 5.28 Å². The SMILES string of the molecule is OCC(CO)CCn1cnc2cnc(Cl)nc21. The van der Waals surface area contributed by atoms with E-state index in [2.05, 4.69) is 15.0 Å². The number of rotatable bonds is 5. The molecule has 6 nitrogen and oxygen atoms in total. The van der Waals surface area contributed by atoms with Crippen molar-refractivity contribution in [2.75, 3.05) is 13.2 Å². The van der Waals surface area contributed by atoms with E-state index in [1.54, 1.807) is 12.5 Å². The van der Waals surface area contributed by atoms with Gasteiger partial charge in [-0.2, -0.15) is 4.98 Å². The third-order valence-electron chi connectivity index (χ3n) is 2.62. The number of aliphatic hydroxyl groups excluding tert-OH is 2. The molecule has 2 rings (SSSR count). The first-order valence-corrected chi connectivity index (χ1v) is 5.67. The highest BCUT2D eigenvalue weighted by molar-refractivity contribution is 6.28. The number of nitrogens with zero attached hydrogens (tertiary/aromatic N) is 4. The molecule has 0 aliphatic rings. The molecule has 7 heteroatoms. The van der Waals surface area contributed by atoms with Crippen molar-refractivity contribution in [2.45, 2.75) is 13.0 Å². The minimum absolute atomic E-state index is 0.0289. The lowest BCUT2D eigenvalue weighted by Crippen LogP contribution is -2.14. The monoisotopic (exact) mass is 256 g/mol. The van der Waals surface area contributed by atoms with Crippen LogP contribution in [0.3, 0.4) is 0 Å². The summed E-state index contributed by atoms with van der Waals surface area (Å²) in [6.07, 6.45) is 3.87. The summed E-state index contributed by atoms with van der Waals surface area (Å²) in [6.45, 7) is 0.563. The molecule has 0 spiro atoms. The maximum Gasteiger partial charge on any atom is 0.224 e. The third-order valence-corrected chi connectivity index (χ3v) is 2.81. The molecule has 17 heavy (non-hydrogen) atoms. The highest BCUT2D eigenvalue weighted by Gasteiger charge is 2.09. The van der Waals surface area contributed by atoms with Crippen molar-refractivity contribution < 1.29 is 10.2 Å². The number of aromatic nitrogens is 4. The predicted octanol–water partition coefficient (Wildman–Crippen LogP) is 0.471. The third kappa shape index (κ3) is 2.71. The average Bonchev–Trinajstić information content (AvgIpc) is 2.73. The Balaban J connectivity index is 2.16. The predicted molar refractivity (Wildman–Crippen MR) is 62.6 cm³/mol. The van der Waals surface area contributed by atoms with E-state index in [0.717, 1.165) is 0 Å². The summed E-state index contributed by atoms with van der Waals surface area (Å²) in [4.78, 5) is 12.1. The zero-order chi connectivity index (χ0) is 12.3. The second kappa shape index (κ2) is 5.39. The molecule has 0 saturated heterocycles. The molecule has 0 bridgehead atoms. The normalized spacial score (nSPS) is 11.5. The Morgan fingerprint density at radius 2 is 2.06 bits per heavy atom. The summed E-state index contributed by atoms with van der Waals surface area (Å²) in [7, 11) is 0. The summed E-state index contributed by atoms with van der Waals surface area (Å²) in [5, 5.41) is 18.1. The Hall–Kier alpha value is -1.24. The molecule has 0 aliphatic carbocycles. The van der Waals surface area contributed by atoms with E-state index in [9.17, 15) is 0 Å². The molecule has 0 unspecified atom stereocenters. The smallest absolute Gasteiger partial charge is 0.224 e. The van der Waals surface area contributed by atoms with Crippen LogP contribution in [-0.2, 0) is 6.54 Å². The van der Waals surface area contributed by atoms with Gasteiger partial charge in [0.25, 0.3) is 0 Å². The Morgan fingerprint density at radius 1 is 1.29 bits per heavy atom. The van der Waals surface area contributed by atoms with E-state index >= 15 is 0 Å². The molecule has 0 amide bonds. The number of aliphatic hydroxyl groups is 2. The van der Waals surface area contributed by atoms with Crippen molar-refractivity contribution in [1.82, 2.24) is 19.5 Å².